The molecule has 1 amide bonds. The number of carbonyl (C=O) groups excluding carboxylic acids is 1. The Hall–Kier alpha value is -2.54. The van der Waals surface area contributed by atoms with Crippen molar-refractivity contribution in [2.45, 2.75) is 31.7 Å². The number of nitrogens with one attached hydrogen (secondary N) is 1. The highest BCUT2D eigenvalue weighted by molar-refractivity contribution is 5.83. The molecule has 144 valence electrons. The SMILES string of the molecule is Cc1nc(C2CCN(C(=O)C(c3ccccc3F)N(C)C)CC2)cc(=O)[nH]1. The van der Waals surface area contributed by atoms with E-state index < -0.39 is 6.04 Å². The van der Waals surface area contributed by atoms with Gasteiger partial charge in [-0.05, 0) is 39.9 Å². The number of piperidine rings is 1. The number of halogens is 1. The molecular weight excluding hydrogens is 347 g/mol. The topological polar surface area (TPSA) is 69.3 Å². The molecule has 7 heteroatoms. The number of rotatable bonds is 4. The van der Waals surface area contributed by atoms with E-state index in [4.69, 9.17) is 0 Å². The van der Waals surface area contributed by atoms with Gasteiger partial charge in [0, 0.05) is 30.6 Å². The van der Waals surface area contributed by atoms with Gasteiger partial charge in [0.15, 0.2) is 0 Å². The van der Waals surface area contributed by atoms with Gasteiger partial charge in [0.05, 0.1) is 5.69 Å². The zero-order chi connectivity index (χ0) is 19.6. The van der Waals surface area contributed by atoms with Crippen LogP contribution in [-0.4, -0.2) is 52.9 Å². The van der Waals surface area contributed by atoms with Crippen molar-refractivity contribution in [1.82, 2.24) is 19.8 Å². The summed E-state index contributed by atoms with van der Waals surface area (Å²) in [6, 6.07) is 7.30. The number of carbonyl (C=O) groups is 1. The van der Waals surface area contributed by atoms with Crippen molar-refractivity contribution in [3.63, 3.8) is 0 Å². The first-order valence-corrected chi connectivity index (χ1v) is 9.14. The highest BCUT2D eigenvalue weighted by Crippen LogP contribution is 2.29. The number of hydrogen-bond acceptors (Lipinski definition) is 4. The van der Waals surface area contributed by atoms with Crippen molar-refractivity contribution in [3.8, 4) is 0 Å². The summed E-state index contributed by atoms with van der Waals surface area (Å²) in [5.74, 6) is 0.283. The van der Waals surface area contributed by atoms with Crippen molar-refractivity contribution >= 4 is 5.91 Å². The number of nitrogens with zero attached hydrogens (tertiary/aromatic N) is 3. The zero-order valence-corrected chi connectivity index (χ0v) is 15.9. The molecule has 0 radical (unpaired) electrons. The van der Waals surface area contributed by atoms with Gasteiger partial charge in [0.1, 0.15) is 17.7 Å². The van der Waals surface area contributed by atoms with E-state index in [0.29, 0.717) is 24.5 Å². The Morgan fingerprint density at radius 2 is 1.96 bits per heavy atom. The third-order valence-corrected chi connectivity index (χ3v) is 5.05. The molecule has 0 bridgehead atoms. The summed E-state index contributed by atoms with van der Waals surface area (Å²) in [5.41, 5.74) is 1.02. The predicted octanol–water partition coefficient (Wildman–Crippen LogP) is 2.23. The molecule has 1 N–H and O–H groups in total. The molecule has 1 aliphatic rings. The summed E-state index contributed by atoms with van der Waals surface area (Å²) < 4.78 is 14.2. The van der Waals surface area contributed by atoms with Crippen LogP contribution in [0.3, 0.4) is 0 Å². The van der Waals surface area contributed by atoms with E-state index in [1.165, 1.54) is 12.1 Å². The third-order valence-electron chi connectivity index (χ3n) is 5.05. The average Bonchev–Trinajstić information content (AvgIpc) is 2.62. The molecule has 27 heavy (non-hydrogen) atoms. The standard InChI is InChI=1S/C20H25FN4O2/c1-13-22-17(12-18(26)23-13)14-8-10-25(11-9-14)20(27)19(24(2)3)15-6-4-5-7-16(15)21/h4-7,12,14,19H,8-11H2,1-3H3,(H,22,23,26). The van der Waals surface area contributed by atoms with Crippen molar-refractivity contribution < 1.29 is 9.18 Å². The molecule has 1 fully saturated rings. The molecule has 1 unspecified atom stereocenters. The van der Waals surface area contributed by atoms with Crippen LogP contribution in [0.5, 0.6) is 0 Å². The number of likely N-dealkylation sites (tertiary alicyclic amines) is 1. The van der Waals surface area contributed by atoms with Crippen LogP contribution >= 0.6 is 0 Å². The fraction of sp³-hybridized carbons (Fsp3) is 0.450. The van der Waals surface area contributed by atoms with Crippen molar-refractivity contribution in [3.05, 3.63) is 63.6 Å². The molecular formula is C20H25FN4O2. The molecule has 1 saturated heterocycles. The highest BCUT2D eigenvalue weighted by atomic mass is 19.1. The van der Waals surface area contributed by atoms with Gasteiger partial charge in [-0.25, -0.2) is 9.37 Å². The van der Waals surface area contributed by atoms with Gasteiger partial charge in [-0.1, -0.05) is 18.2 Å². The van der Waals surface area contributed by atoms with Crippen molar-refractivity contribution in [2.24, 2.45) is 0 Å². The van der Waals surface area contributed by atoms with E-state index in [1.807, 2.05) is 0 Å². The van der Waals surface area contributed by atoms with E-state index in [9.17, 15) is 14.0 Å². The second kappa shape index (κ2) is 8.00. The summed E-state index contributed by atoms with van der Waals surface area (Å²) >= 11 is 0. The van der Waals surface area contributed by atoms with E-state index in [0.717, 1.165) is 18.5 Å². The molecule has 0 aliphatic carbocycles. The van der Waals surface area contributed by atoms with E-state index >= 15 is 0 Å². The second-order valence-electron chi connectivity index (χ2n) is 7.24. The molecule has 3 rings (SSSR count). The molecule has 6 nitrogen and oxygen atoms in total. The Morgan fingerprint density at radius 1 is 1.30 bits per heavy atom. The lowest BCUT2D eigenvalue weighted by atomic mass is 9.92. The van der Waals surface area contributed by atoms with Crippen LogP contribution in [0.4, 0.5) is 4.39 Å². The summed E-state index contributed by atoms with van der Waals surface area (Å²) in [7, 11) is 3.56. The largest absolute Gasteiger partial charge is 0.341 e. The maximum absolute atomic E-state index is 14.2. The Kier molecular flexibility index (Phi) is 5.70. The molecule has 1 atom stereocenters. The predicted molar refractivity (Wildman–Crippen MR) is 101 cm³/mol. The van der Waals surface area contributed by atoms with Gasteiger partial charge in [-0.2, -0.15) is 0 Å². The second-order valence-corrected chi connectivity index (χ2v) is 7.24. The lowest BCUT2D eigenvalue weighted by Gasteiger charge is -2.36. The van der Waals surface area contributed by atoms with Crippen LogP contribution in [0, 0.1) is 12.7 Å². The van der Waals surface area contributed by atoms with Crippen LogP contribution in [0.25, 0.3) is 0 Å². The van der Waals surface area contributed by atoms with Gasteiger partial charge in [0.25, 0.3) is 5.56 Å². The number of hydrogen-bond donors (Lipinski definition) is 1. The first-order chi connectivity index (χ1) is 12.9. The molecule has 0 saturated carbocycles. The maximum Gasteiger partial charge on any atom is 0.251 e. The third kappa shape index (κ3) is 4.24. The van der Waals surface area contributed by atoms with Crippen LogP contribution in [-0.2, 0) is 4.79 Å². The highest BCUT2D eigenvalue weighted by Gasteiger charge is 2.32. The average molecular weight is 372 g/mol. The quantitative estimate of drug-likeness (QED) is 0.894. The molecule has 1 aromatic heterocycles. The zero-order valence-electron chi connectivity index (χ0n) is 15.9. The van der Waals surface area contributed by atoms with E-state index in [2.05, 4.69) is 9.97 Å². The maximum atomic E-state index is 14.2. The van der Waals surface area contributed by atoms with Crippen molar-refractivity contribution in [2.75, 3.05) is 27.2 Å². The smallest absolute Gasteiger partial charge is 0.251 e. The normalized spacial score (nSPS) is 16.6. The number of H-pyrrole nitrogens is 1. The van der Waals surface area contributed by atoms with Crippen LogP contribution < -0.4 is 5.56 Å². The monoisotopic (exact) mass is 372 g/mol. The van der Waals surface area contributed by atoms with Gasteiger partial charge in [0.2, 0.25) is 5.91 Å². The Morgan fingerprint density at radius 3 is 2.56 bits per heavy atom. The fourth-order valence-electron chi connectivity index (χ4n) is 3.71. The first kappa shape index (κ1) is 19.2. The molecule has 0 spiro atoms. The molecule has 2 aromatic rings. The molecule has 2 heterocycles. The minimum Gasteiger partial charge on any atom is -0.341 e. The van der Waals surface area contributed by atoms with E-state index in [-0.39, 0.29) is 23.2 Å². The van der Waals surface area contributed by atoms with Gasteiger partial charge in [-0.3, -0.25) is 14.5 Å². The van der Waals surface area contributed by atoms with E-state index in [1.54, 1.807) is 49.0 Å². The number of likely N-dealkylation sites (N-methyl/N-ethyl adjacent to an activating group) is 1. The number of benzene rings is 1. The number of amides is 1. The summed E-state index contributed by atoms with van der Waals surface area (Å²) in [5, 5.41) is 0. The molecule has 1 aliphatic heterocycles. The Bertz CT molecular complexity index is 872. The minimum absolute atomic E-state index is 0.0985. The fourth-order valence-corrected chi connectivity index (χ4v) is 3.71. The minimum atomic E-state index is -0.650. The summed E-state index contributed by atoms with van der Waals surface area (Å²) in [6.45, 7) is 2.89. The van der Waals surface area contributed by atoms with Gasteiger partial charge in [-0.15, -0.1) is 0 Å². The van der Waals surface area contributed by atoms with Crippen LogP contribution in [0.2, 0.25) is 0 Å². The number of aryl methyl sites for hydroxylation is 1. The number of aromatic nitrogens is 2. The summed E-state index contributed by atoms with van der Waals surface area (Å²) in [4.78, 5) is 35.4. The Labute approximate surface area is 158 Å². The summed E-state index contributed by atoms with van der Waals surface area (Å²) in [6.07, 6.45) is 1.47. The lowest BCUT2D eigenvalue weighted by Crippen LogP contribution is -2.44. The lowest BCUT2D eigenvalue weighted by molar-refractivity contribution is -0.137. The van der Waals surface area contributed by atoms with Crippen LogP contribution in [0.1, 0.15) is 41.9 Å². The van der Waals surface area contributed by atoms with Crippen molar-refractivity contribution in [1.29, 1.82) is 0 Å². The Balaban J connectivity index is 1.73. The van der Waals surface area contributed by atoms with Gasteiger partial charge < -0.3 is 9.88 Å². The van der Waals surface area contributed by atoms with Crippen LogP contribution in [0.15, 0.2) is 35.1 Å². The number of aromatic amines is 1. The van der Waals surface area contributed by atoms with Gasteiger partial charge >= 0.3 is 0 Å². The molecule has 1 aromatic carbocycles. The first-order valence-electron chi connectivity index (χ1n) is 9.14.